The molecule has 0 atom stereocenters. The highest BCUT2D eigenvalue weighted by atomic mass is 19.1. The first-order valence-corrected chi connectivity index (χ1v) is 11.6. The van der Waals surface area contributed by atoms with Gasteiger partial charge in [0.25, 0.3) is 0 Å². The summed E-state index contributed by atoms with van der Waals surface area (Å²) in [4.78, 5) is 14.2. The second kappa shape index (κ2) is 8.76. The lowest BCUT2D eigenvalue weighted by Crippen LogP contribution is -2.41. The highest BCUT2D eigenvalue weighted by Crippen LogP contribution is 2.37. The molecular formula is C24H33BFN3O4. The minimum Gasteiger partial charge on any atom is -0.443 e. The number of amides is 1. The largest absolute Gasteiger partial charge is 0.497 e. The summed E-state index contributed by atoms with van der Waals surface area (Å²) >= 11 is 0. The van der Waals surface area contributed by atoms with Crippen LogP contribution in [0.15, 0.2) is 24.4 Å². The molecule has 1 saturated heterocycles. The van der Waals surface area contributed by atoms with E-state index in [4.69, 9.17) is 14.0 Å². The van der Waals surface area contributed by atoms with Gasteiger partial charge in [-0.2, -0.15) is 5.10 Å². The van der Waals surface area contributed by atoms with E-state index in [9.17, 15) is 4.79 Å². The maximum absolute atomic E-state index is 15.1. The number of benzene rings is 1. The molecular weight excluding hydrogens is 424 g/mol. The van der Waals surface area contributed by atoms with Gasteiger partial charge in [-0.1, -0.05) is 25.0 Å². The second-order valence-corrected chi connectivity index (χ2v) is 10.1. The first-order chi connectivity index (χ1) is 15.5. The van der Waals surface area contributed by atoms with E-state index in [1.807, 2.05) is 33.8 Å². The van der Waals surface area contributed by atoms with Crippen molar-refractivity contribution in [2.24, 2.45) is 7.05 Å². The number of hydrogen-bond acceptors (Lipinski definition) is 5. The van der Waals surface area contributed by atoms with Crippen molar-refractivity contribution in [3.05, 3.63) is 35.9 Å². The summed E-state index contributed by atoms with van der Waals surface area (Å²) in [5.41, 5.74) is 1.33. The summed E-state index contributed by atoms with van der Waals surface area (Å²) in [6.07, 6.45) is 5.61. The van der Waals surface area contributed by atoms with Crippen molar-refractivity contribution in [2.75, 3.05) is 7.05 Å². The Morgan fingerprint density at radius 3 is 2.48 bits per heavy atom. The van der Waals surface area contributed by atoms with Gasteiger partial charge in [-0.25, -0.2) is 9.18 Å². The molecule has 0 N–H and O–H groups in total. The fraction of sp³-hybridized carbons (Fsp3) is 0.583. The van der Waals surface area contributed by atoms with Crippen molar-refractivity contribution in [2.45, 2.75) is 77.2 Å². The summed E-state index contributed by atoms with van der Waals surface area (Å²) in [6.45, 7) is 7.81. The Hall–Kier alpha value is -2.39. The fourth-order valence-corrected chi connectivity index (χ4v) is 4.40. The van der Waals surface area contributed by atoms with Gasteiger partial charge in [0.1, 0.15) is 12.4 Å². The Balaban J connectivity index is 1.50. The number of rotatable bonds is 5. The van der Waals surface area contributed by atoms with Crippen molar-refractivity contribution in [1.29, 1.82) is 0 Å². The van der Waals surface area contributed by atoms with Crippen LogP contribution < -0.4 is 5.46 Å². The average Bonchev–Trinajstić information content (AvgIpc) is 3.44. The zero-order valence-corrected chi connectivity index (χ0v) is 20.4. The maximum Gasteiger partial charge on any atom is 0.497 e. The van der Waals surface area contributed by atoms with E-state index in [-0.39, 0.29) is 18.7 Å². The number of aromatic nitrogens is 2. The fourth-order valence-electron chi connectivity index (χ4n) is 4.40. The molecule has 33 heavy (non-hydrogen) atoms. The van der Waals surface area contributed by atoms with E-state index in [1.54, 1.807) is 35.9 Å². The Bertz CT molecular complexity index is 1020. The Morgan fingerprint density at radius 2 is 1.88 bits per heavy atom. The van der Waals surface area contributed by atoms with Gasteiger partial charge in [0, 0.05) is 31.2 Å². The first kappa shape index (κ1) is 23.8. The molecule has 4 rings (SSSR count). The third-order valence-electron chi connectivity index (χ3n) is 7.37. The number of carbonyl (C=O) groups is 1. The van der Waals surface area contributed by atoms with Crippen LogP contribution in [0.4, 0.5) is 9.18 Å². The zero-order chi connectivity index (χ0) is 24.0. The topological polar surface area (TPSA) is 65.8 Å². The maximum atomic E-state index is 15.1. The van der Waals surface area contributed by atoms with E-state index in [1.165, 1.54) is 6.07 Å². The standard InChI is InChI=1S/C24H33BFN3O4/c1-23(2)24(3,4)33-25(32-23)19-12-11-16(13-20(19)26)18-14-27-29(6)21(18)15-31-22(30)28(5)17-9-7-8-10-17/h11-14,17H,7-10,15H2,1-6H3. The molecule has 1 aliphatic heterocycles. The number of aryl methyl sites for hydroxylation is 1. The van der Waals surface area contributed by atoms with Gasteiger partial charge < -0.3 is 18.9 Å². The van der Waals surface area contributed by atoms with Crippen LogP contribution in [0.25, 0.3) is 11.1 Å². The number of hydrogen-bond donors (Lipinski definition) is 0. The predicted octanol–water partition coefficient (Wildman–Crippen LogP) is 4.04. The number of nitrogens with zero attached hydrogens (tertiary/aromatic N) is 3. The summed E-state index contributed by atoms with van der Waals surface area (Å²) in [5, 5.41) is 4.30. The molecule has 2 aromatic rings. The summed E-state index contributed by atoms with van der Waals surface area (Å²) in [7, 11) is 2.79. The van der Waals surface area contributed by atoms with Crippen LogP contribution in [0, 0.1) is 5.82 Å². The highest BCUT2D eigenvalue weighted by molar-refractivity contribution is 6.62. The molecule has 1 aliphatic carbocycles. The molecule has 1 aromatic heterocycles. The molecule has 7 nitrogen and oxygen atoms in total. The van der Waals surface area contributed by atoms with Gasteiger partial charge in [-0.15, -0.1) is 0 Å². The third kappa shape index (κ3) is 4.53. The minimum absolute atomic E-state index is 0.0579. The Kier molecular flexibility index (Phi) is 6.31. The highest BCUT2D eigenvalue weighted by Gasteiger charge is 2.52. The molecule has 2 heterocycles. The van der Waals surface area contributed by atoms with Crippen LogP contribution in [-0.2, 0) is 27.7 Å². The van der Waals surface area contributed by atoms with Crippen LogP contribution >= 0.6 is 0 Å². The molecule has 0 spiro atoms. The lowest BCUT2D eigenvalue weighted by atomic mass is 9.78. The second-order valence-electron chi connectivity index (χ2n) is 10.1. The van der Waals surface area contributed by atoms with Crippen molar-refractivity contribution >= 4 is 18.7 Å². The van der Waals surface area contributed by atoms with Gasteiger partial charge in [-0.3, -0.25) is 4.68 Å². The first-order valence-electron chi connectivity index (χ1n) is 11.6. The summed E-state index contributed by atoms with van der Waals surface area (Å²) < 4.78 is 34.4. The van der Waals surface area contributed by atoms with E-state index in [2.05, 4.69) is 5.10 Å². The minimum atomic E-state index is -0.774. The van der Waals surface area contributed by atoms with Crippen LogP contribution in [-0.4, -0.2) is 52.2 Å². The number of carbonyl (C=O) groups excluding carboxylic acids is 1. The number of ether oxygens (including phenoxy) is 1. The van der Waals surface area contributed by atoms with Crippen molar-refractivity contribution in [1.82, 2.24) is 14.7 Å². The average molecular weight is 457 g/mol. The molecule has 1 aromatic carbocycles. The van der Waals surface area contributed by atoms with Crippen molar-refractivity contribution in [3.8, 4) is 11.1 Å². The van der Waals surface area contributed by atoms with Gasteiger partial charge >= 0.3 is 13.2 Å². The molecule has 178 valence electrons. The lowest BCUT2D eigenvalue weighted by Gasteiger charge is -2.32. The molecule has 2 fully saturated rings. The summed E-state index contributed by atoms with van der Waals surface area (Å²) in [5.74, 6) is -0.418. The van der Waals surface area contributed by atoms with E-state index in [0.717, 1.165) is 25.7 Å². The molecule has 0 radical (unpaired) electrons. The quantitative estimate of drug-likeness (QED) is 0.635. The SMILES string of the molecule is CN(C(=O)OCc1c(-c2ccc(B3OC(C)(C)C(C)(C)O3)c(F)c2)cnn1C)C1CCCC1. The molecule has 1 saturated carbocycles. The van der Waals surface area contributed by atoms with E-state index >= 15 is 4.39 Å². The van der Waals surface area contributed by atoms with Gasteiger partial charge in [0.2, 0.25) is 0 Å². The molecule has 0 unspecified atom stereocenters. The van der Waals surface area contributed by atoms with Gasteiger partial charge in [0.15, 0.2) is 0 Å². The monoisotopic (exact) mass is 457 g/mol. The normalized spacial score (nSPS) is 19.8. The lowest BCUT2D eigenvalue weighted by molar-refractivity contribution is 0.00578. The predicted molar refractivity (Wildman–Crippen MR) is 125 cm³/mol. The zero-order valence-electron chi connectivity index (χ0n) is 20.4. The smallest absolute Gasteiger partial charge is 0.443 e. The summed E-state index contributed by atoms with van der Waals surface area (Å²) in [6, 6.07) is 5.19. The van der Waals surface area contributed by atoms with Gasteiger partial charge in [-0.05, 0) is 52.2 Å². The Morgan fingerprint density at radius 1 is 1.24 bits per heavy atom. The van der Waals surface area contributed by atoms with Crippen LogP contribution in [0.5, 0.6) is 0 Å². The van der Waals surface area contributed by atoms with Crippen LogP contribution in [0.1, 0.15) is 59.1 Å². The molecule has 0 bridgehead atoms. The van der Waals surface area contributed by atoms with Crippen LogP contribution in [0.3, 0.4) is 0 Å². The number of halogens is 1. The van der Waals surface area contributed by atoms with Gasteiger partial charge in [0.05, 0.1) is 23.1 Å². The van der Waals surface area contributed by atoms with E-state index in [0.29, 0.717) is 22.3 Å². The Labute approximate surface area is 195 Å². The van der Waals surface area contributed by atoms with Crippen molar-refractivity contribution in [3.63, 3.8) is 0 Å². The molecule has 9 heteroatoms. The van der Waals surface area contributed by atoms with E-state index < -0.39 is 24.1 Å². The molecule has 1 amide bonds. The van der Waals surface area contributed by atoms with Crippen molar-refractivity contribution < 1.29 is 23.2 Å². The van der Waals surface area contributed by atoms with Crippen LogP contribution in [0.2, 0.25) is 0 Å². The third-order valence-corrected chi connectivity index (χ3v) is 7.37. The molecule has 2 aliphatic rings.